The number of halogens is 1. The number of rotatable bonds is 5. The number of aliphatic imine (C=N–C) groups is 1. The average Bonchev–Trinajstić information content (AvgIpc) is 3.09. The second-order valence-electron chi connectivity index (χ2n) is 6.86. The maximum absolute atomic E-state index is 12.4. The van der Waals surface area contributed by atoms with E-state index in [1.165, 1.54) is 11.8 Å². The molecule has 2 heterocycles. The SMILES string of the molecule is O=C(C[C@H]1SC(=Nc2ccccc2Cl)NC1=O)Nc1ccc(N2CCOCC2)cc1. The molecule has 0 bridgehead atoms. The lowest BCUT2D eigenvalue weighted by Crippen LogP contribution is -2.36. The topological polar surface area (TPSA) is 83.0 Å². The van der Waals surface area contributed by atoms with E-state index in [-0.39, 0.29) is 18.2 Å². The van der Waals surface area contributed by atoms with Crippen molar-refractivity contribution < 1.29 is 14.3 Å². The van der Waals surface area contributed by atoms with Gasteiger partial charge in [-0.05, 0) is 36.4 Å². The van der Waals surface area contributed by atoms with Crippen molar-refractivity contribution in [1.82, 2.24) is 5.32 Å². The van der Waals surface area contributed by atoms with Crippen LogP contribution in [0, 0.1) is 0 Å². The minimum atomic E-state index is -0.529. The molecule has 4 rings (SSSR count). The highest BCUT2D eigenvalue weighted by atomic mass is 35.5. The zero-order valence-electron chi connectivity index (χ0n) is 16.1. The molecule has 1 atom stereocenters. The van der Waals surface area contributed by atoms with Crippen LogP contribution in [0.15, 0.2) is 53.5 Å². The van der Waals surface area contributed by atoms with Gasteiger partial charge in [0.25, 0.3) is 0 Å². The summed E-state index contributed by atoms with van der Waals surface area (Å²) in [5.74, 6) is -0.454. The molecular formula is C21H21ClN4O3S. The van der Waals surface area contributed by atoms with Gasteiger partial charge in [-0.2, -0.15) is 0 Å². The standard InChI is InChI=1S/C21H21ClN4O3S/c22-16-3-1-2-4-17(16)24-21-25-20(28)18(30-21)13-19(27)23-14-5-7-15(8-6-14)26-9-11-29-12-10-26/h1-8,18H,9-13H2,(H,23,27)(H,24,25,28)/t18-/m1/s1. The Balaban J connectivity index is 1.32. The Morgan fingerprint density at radius 1 is 1.20 bits per heavy atom. The van der Waals surface area contributed by atoms with Gasteiger partial charge in [0, 0.05) is 30.9 Å². The van der Waals surface area contributed by atoms with Crippen LogP contribution in [-0.4, -0.2) is 48.5 Å². The molecule has 2 aliphatic heterocycles. The first-order chi connectivity index (χ1) is 14.6. The molecule has 0 saturated carbocycles. The lowest BCUT2D eigenvalue weighted by atomic mass is 10.2. The number of nitrogens with one attached hydrogen (secondary N) is 2. The van der Waals surface area contributed by atoms with Gasteiger partial charge < -0.3 is 20.3 Å². The third-order valence-electron chi connectivity index (χ3n) is 4.75. The van der Waals surface area contributed by atoms with E-state index >= 15 is 0 Å². The van der Waals surface area contributed by atoms with Gasteiger partial charge >= 0.3 is 0 Å². The molecule has 0 unspecified atom stereocenters. The molecule has 2 aromatic carbocycles. The first-order valence-electron chi connectivity index (χ1n) is 9.62. The van der Waals surface area contributed by atoms with Gasteiger partial charge in [0.05, 0.1) is 23.9 Å². The number of nitrogens with zero attached hydrogens (tertiary/aromatic N) is 2. The van der Waals surface area contributed by atoms with E-state index in [0.717, 1.165) is 32.0 Å². The van der Waals surface area contributed by atoms with E-state index in [0.29, 0.717) is 21.6 Å². The van der Waals surface area contributed by atoms with E-state index in [1.54, 1.807) is 12.1 Å². The van der Waals surface area contributed by atoms with Crippen molar-refractivity contribution in [1.29, 1.82) is 0 Å². The summed E-state index contributed by atoms with van der Waals surface area (Å²) in [7, 11) is 0. The number of morpholine rings is 1. The van der Waals surface area contributed by atoms with Crippen molar-refractivity contribution in [2.75, 3.05) is 36.5 Å². The van der Waals surface area contributed by atoms with E-state index in [4.69, 9.17) is 16.3 Å². The van der Waals surface area contributed by atoms with E-state index < -0.39 is 5.25 Å². The van der Waals surface area contributed by atoms with Crippen molar-refractivity contribution in [3.8, 4) is 0 Å². The number of para-hydroxylation sites is 1. The fourth-order valence-corrected chi connectivity index (χ4v) is 4.36. The molecule has 0 radical (unpaired) electrons. The smallest absolute Gasteiger partial charge is 0.240 e. The van der Waals surface area contributed by atoms with Crippen LogP contribution < -0.4 is 15.5 Å². The van der Waals surface area contributed by atoms with E-state index in [9.17, 15) is 9.59 Å². The summed E-state index contributed by atoms with van der Waals surface area (Å²) in [6, 6.07) is 14.8. The molecule has 2 saturated heterocycles. The zero-order valence-corrected chi connectivity index (χ0v) is 17.7. The number of hydrogen-bond acceptors (Lipinski definition) is 6. The molecule has 2 aromatic rings. The van der Waals surface area contributed by atoms with Gasteiger partial charge in [-0.1, -0.05) is 35.5 Å². The number of thioether (sulfide) groups is 1. The van der Waals surface area contributed by atoms with Gasteiger partial charge in [0.15, 0.2) is 5.17 Å². The molecule has 0 spiro atoms. The number of hydrogen-bond donors (Lipinski definition) is 2. The molecule has 7 nitrogen and oxygen atoms in total. The Kier molecular flexibility index (Phi) is 6.56. The summed E-state index contributed by atoms with van der Waals surface area (Å²) in [5, 5.41) is 5.99. The summed E-state index contributed by atoms with van der Waals surface area (Å²) < 4.78 is 5.37. The Hall–Kier alpha value is -2.55. The summed E-state index contributed by atoms with van der Waals surface area (Å²) in [5.41, 5.74) is 2.38. The highest BCUT2D eigenvalue weighted by molar-refractivity contribution is 8.15. The third-order valence-corrected chi connectivity index (χ3v) is 6.15. The molecule has 2 amide bonds. The van der Waals surface area contributed by atoms with Gasteiger partial charge in [-0.15, -0.1) is 0 Å². The molecular weight excluding hydrogens is 424 g/mol. The van der Waals surface area contributed by atoms with Crippen molar-refractivity contribution in [2.45, 2.75) is 11.7 Å². The van der Waals surface area contributed by atoms with Crippen molar-refractivity contribution in [2.24, 2.45) is 4.99 Å². The summed E-state index contributed by atoms with van der Waals surface area (Å²) in [4.78, 5) is 31.3. The number of benzene rings is 2. The molecule has 9 heteroatoms. The minimum absolute atomic E-state index is 0.0588. The maximum Gasteiger partial charge on any atom is 0.240 e. The summed E-state index contributed by atoms with van der Waals surface area (Å²) >= 11 is 7.34. The fraction of sp³-hybridized carbons (Fsp3) is 0.286. The lowest BCUT2D eigenvalue weighted by molar-refractivity contribution is -0.122. The quantitative estimate of drug-likeness (QED) is 0.738. The van der Waals surface area contributed by atoms with Crippen LogP contribution in [0.1, 0.15) is 6.42 Å². The molecule has 0 aromatic heterocycles. The van der Waals surface area contributed by atoms with Crippen LogP contribution in [0.4, 0.5) is 17.1 Å². The number of amides is 2. The number of anilines is 2. The molecule has 30 heavy (non-hydrogen) atoms. The summed E-state index contributed by atoms with van der Waals surface area (Å²) in [6.07, 6.45) is 0.0588. The number of amidine groups is 1. The molecule has 2 N–H and O–H groups in total. The second-order valence-corrected chi connectivity index (χ2v) is 8.46. The van der Waals surface area contributed by atoms with Gasteiger partial charge in [0.2, 0.25) is 11.8 Å². The van der Waals surface area contributed by atoms with Gasteiger partial charge in [-0.3, -0.25) is 9.59 Å². The number of ether oxygens (including phenoxy) is 1. The fourth-order valence-electron chi connectivity index (χ4n) is 3.20. The highest BCUT2D eigenvalue weighted by Crippen LogP contribution is 2.29. The van der Waals surface area contributed by atoms with Crippen molar-refractivity contribution in [3.63, 3.8) is 0 Å². The molecule has 2 aliphatic rings. The molecule has 156 valence electrons. The second kappa shape index (κ2) is 9.51. The van der Waals surface area contributed by atoms with Crippen LogP contribution >= 0.6 is 23.4 Å². The zero-order chi connectivity index (χ0) is 20.9. The van der Waals surface area contributed by atoms with E-state index in [2.05, 4.69) is 20.5 Å². The Morgan fingerprint density at radius 3 is 2.67 bits per heavy atom. The predicted octanol–water partition coefficient (Wildman–Crippen LogP) is 3.42. The van der Waals surface area contributed by atoms with Gasteiger partial charge in [0.1, 0.15) is 5.25 Å². The van der Waals surface area contributed by atoms with Crippen LogP contribution in [0.3, 0.4) is 0 Å². The Morgan fingerprint density at radius 2 is 1.93 bits per heavy atom. The number of carbonyl (C=O) groups excluding carboxylic acids is 2. The predicted molar refractivity (Wildman–Crippen MR) is 121 cm³/mol. The van der Waals surface area contributed by atoms with Gasteiger partial charge in [-0.25, -0.2) is 4.99 Å². The first-order valence-corrected chi connectivity index (χ1v) is 10.9. The van der Waals surface area contributed by atoms with E-state index in [1.807, 2.05) is 36.4 Å². The maximum atomic E-state index is 12.4. The monoisotopic (exact) mass is 444 g/mol. The minimum Gasteiger partial charge on any atom is -0.378 e. The molecule has 0 aliphatic carbocycles. The van der Waals surface area contributed by atoms with Crippen LogP contribution in [0.5, 0.6) is 0 Å². The number of carbonyl (C=O) groups is 2. The average molecular weight is 445 g/mol. The third kappa shape index (κ3) is 5.13. The largest absolute Gasteiger partial charge is 0.378 e. The first kappa shape index (κ1) is 20.7. The summed E-state index contributed by atoms with van der Waals surface area (Å²) in [6.45, 7) is 3.17. The van der Waals surface area contributed by atoms with Crippen molar-refractivity contribution in [3.05, 3.63) is 53.6 Å². The molecule has 2 fully saturated rings. The van der Waals surface area contributed by atoms with Crippen LogP contribution in [-0.2, 0) is 14.3 Å². The Bertz CT molecular complexity index is 961. The van der Waals surface area contributed by atoms with Crippen LogP contribution in [0.2, 0.25) is 5.02 Å². The highest BCUT2D eigenvalue weighted by Gasteiger charge is 2.32. The lowest BCUT2D eigenvalue weighted by Gasteiger charge is -2.28. The normalized spacial score (nSPS) is 20.3. The van der Waals surface area contributed by atoms with Crippen molar-refractivity contribution >= 4 is 57.4 Å². The Labute approximate surface area is 183 Å². The van der Waals surface area contributed by atoms with Crippen LogP contribution in [0.25, 0.3) is 0 Å².